The Balaban J connectivity index is 0.737. The van der Waals surface area contributed by atoms with Gasteiger partial charge in [-0.05, 0) is 83.3 Å². The molecule has 3 aromatic heterocycles. The summed E-state index contributed by atoms with van der Waals surface area (Å²) in [6, 6.07) is 6.68. The molecular weight excluding hydrogens is 1260 g/mol. The molecular formula is C64H89BrFN11O15. The van der Waals surface area contributed by atoms with Gasteiger partial charge in [-0.25, -0.2) is 24.1 Å². The number of hydrogen-bond donors (Lipinski definition) is 7. The highest BCUT2D eigenvalue weighted by Crippen LogP contribution is 2.43. The molecule has 504 valence electrons. The van der Waals surface area contributed by atoms with Gasteiger partial charge in [-0.15, -0.1) is 0 Å². The molecule has 6 amide bonds. The number of benzene rings is 1. The summed E-state index contributed by atoms with van der Waals surface area (Å²) in [5, 5.41) is 36.6. The maximum atomic E-state index is 14.9. The monoisotopic (exact) mass is 1350 g/mol. The molecule has 4 aromatic rings. The molecule has 1 aliphatic heterocycles. The lowest BCUT2D eigenvalue weighted by Gasteiger charge is -2.24. The predicted octanol–water partition coefficient (Wildman–Crippen LogP) is 6.90. The minimum absolute atomic E-state index is 0.0207. The van der Waals surface area contributed by atoms with Gasteiger partial charge in [0.2, 0.25) is 35.4 Å². The van der Waals surface area contributed by atoms with E-state index in [2.05, 4.69) is 62.6 Å². The van der Waals surface area contributed by atoms with E-state index in [4.69, 9.17) is 24.1 Å². The molecule has 28 heteroatoms. The third-order valence-electron chi connectivity index (χ3n) is 15.6. The van der Waals surface area contributed by atoms with Crippen molar-refractivity contribution in [3.63, 3.8) is 0 Å². The van der Waals surface area contributed by atoms with Crippen molar-refractivity contribution in [1.29, 1.82) is 0 Å². The second-order valence-electron chi connectivity index (χ2n) is 23.1. The number of unbranched alkanes of at least 4 members (excludes halogenated alkanes) is 13. The summed E-state index contributed by atoms with van der Waals surface area (Å²) in [6.45, 7) is 1.66. The fourth-order valence-electron chi connectivity index (χ4n) is 10.5. The van der Waals surface area contributed by atoms with E-state index < -0.39 is 47.9 Å². The average molecular weight is 1350 g/mol. The van der Waals surface area contributed by atoms with Crippen molar-refractivity contribution in [2.24, 2.45) is 0 Å². The lowest BCUT2D eigenvalue weighted by Crippen LogP contribution is -2.44. The quantitative estimate of drug-likeness (QED) is 0.0134. The van der Waals surface area contributed by atoms with Crippen molar-refractivity contribution in [3.05, 3.63) is 64.4 Å². The summed E-state index contributed by atoms with van der Waals surface area (Å²) < 4.78 is 38.4. The third kappa shape index (κ3) is 27.0. The lowest BCUT2D eigenvalue weighted by molar-refractivity contribution is -0.142. The van der Waals surface area contributed by atoms with Crippen LogP contribution in [0.2, 0.25) is 0 Å². The highest BCUT2D eigenvalue weighted by Gasteiger charge is 2.41. The first-order chi connectivity index (χ1) is 44.4. The molecule has 3 atom stereocenters. The molecule has 2 aliphatic rings. The van der Waals surface area contributed by atoms with Crippen LogP contribution >= 0.6 is 15.9 Å². The number of nitrogens with zero attached hydrogens (tertiary/aromatic N) is 6. The summed E-state index contributed by atoms with van der Waals surface area (Å²) in [4.78, 5) is 126. The molecule has 1 saturated heterocycles. The van der Waals surface area contributed by atoms with E-state index in [9.17, 15) is 52.6 Å². The topological polar surface area (TPSA) is 351 Å². The van der Waals surface area contributed by atoms with Gasteiger partial charge in [0.25, 0.3) is 0 Å². The summed E-state index contributed by atoms with van der Waals surface area (Å²) in [6.07, 6.45) is 18.7. The smallest absolute Gasteiger partial charge is 0.326 e. The van der Waals surface area contributed by atoms with E-state index in [1.807, 2.05) is 6.07 Å². The number of aliphatic carboxylic acids is 2. The highest BCUT2D eigenvalue weighted by atomic mass is 79.9. The number of halogens is 2. The summed E-state index contributed by atoms with van der Waals surface area (Å²) >= 11 is 3.35. The zero-order chi connectivity index (χ0) is 66.0. The van der Waals surface area contributed by atoms with Gasteiger partial charge in [-0.2, -0.15) is 5.10 Å². The number of rotatable bonds is 47. The van der Waals surface area contributed by atoms with Gasteiger partial charge in [0, 0.05) is 69.0 Å². The minimum atomic E-state index is -1.41. The second kappa shape index (κ2) is 40.6. The van der Waals surface area contributed by atoms with Crippen LogP contribution in [0.25, 0.3) is 22.0 Å². The number of ketones is 1. The van der Waals surface area contributed by atoms with Crippen LogP contribution in [0.5, 0.6) is 0 Å². The molecule has 2 fully saturated rings. The molecule has 26 nitrogen and oxygen atoms in total. The Labute approximate surface area is 543 Å². The number of ether oxygens (including phenoxy) is 4. The second-order valence-corrected chi connectivity index (χ2v) is 23.9. The number of carboxylic acid groups (broad SMARTS) is 2. The molecule has 1 aromatic carbocycles. The Hall–Kier alpha value is -7.40. The molecule has 1 aliphatic carbocycles. The predicted molar refractivity (Wildman–Crippen MR) is 340 cm³/mol. The summed E-state index contributed by atoms with van der Waals surface area (Å²) in [5.41, 5.74) is 2.76. The molecule has 0 spiro atoms. The molecule has 0 bridgehead atoms. The van der Waals surface area contributed by atoms with Crippen molar-refractivity contribution >= 4 is 85.8 Å². The van der Waals surface area contributed by atoms with Crippen LogP contribution in [0.1, 0.15) is 170 Å². The minimum Gasteiger partial charge on any atom is -0.481 e. The highest BCUT2D eigenvalue weighted by molar-refractivity contribution is 9.10. The first kappa shape index (κ1) is 73.6. The Morgan fingerprint density at radius 1 is 0.674 bits per heavy atom. The van der Waals surface area contributed by atoms with Crippen LogP contribution in [-0.2, 0) is 70.4 Å². The van der Waals surface area contributed by atoms with Crippen molar-refractivity contribution in [3.8, 4) is 11.1 Å². The zero-order valence-electron chi connectivity index (χ0n) is 52.5. The van der Waals surface area contributed by atoms with Gasteiger partial charge in [0.05, 0.1) is 58.2 Å². The number of alkyl halides is 1. The van der Waals surface area contributed by atoms with E-state index >= 15 is 0 Å². The van der Waals surface area contributed by atoms with Crippen LogP contribution in [0.15, 0.2) is 47.3 Å². The number of aromatic nitrogens is 5. The number of carboxylic acids is 2. The lowest BCUT2D eigenvalue weighted by atomic mass is 10.0. The van der Waals surface area contributed by atoms with E-state index in [0.717, 1.165) is 69.8 Å². The first-order valence-electron chi connectivity index (χ1n) is 32.0. The number of nitrogens with one attached hydrogen (secondary N) is 5. The van der Waals surface area contributed by atoms with Gasteiger partial charge in [-0.1, -0.05) is 89.2 Å². The number of hydrogen-bond acceptors (Lipinski definition) is 17. The molecule has 0 radical (unpaired) electrons. The van der Waals surface area contributed by atoms with Gasteiger partial charge in [0.1, 0.15) is 60.0 Å². The third-order valence-corrected chi connectivity index (χ3v) is 16.0. The molecule has 0 unspecified atom stereocenters. The molecule has 92 heavy (non-hydrogen) atoms. The van der Waals surface area contributed by atoms with Gasteiger partial charge >= 0.3 is 11.9 Å². The summed E-state index contributed by atoms with van der Waals surface area (Å²) in [5.74, 6) is -3.83. The molecule has 7 N–H and O–H groups in total. The number of pyridine rings is 1. The number of carbonyl (C=O) groups excluding carboxylic acids is 7. The van der Waals surface area contributed by atoms with Crippen molar-refractivity contribution in [1.82, 2.24) is 50.9 Å². The van der Waals surface area contributed by atoms with Crippen molar-refractivity contribution in [2.45, 2.75) is 179 Å². The molecule has 1 saturated carbocycles. The fourth-order valence-corrected chi connectivity index (χ4v) is 10.8. The number of anilines is 1. The zero-order valence-corrected chi connectivity index (χ0v) is 54.1. The number of likely N-dealkylation sites (tertiary alicyclic amines) is 1. The maximum absolute atomic E-state index is 14.9. The normalized spacial score (nSPS) is 14.8. The number of carbonyl (C=O) groups is 9. The maximum Gasteiger partial charge on any atom is 0.326 e. The first-order valence-corrected chi connectivity index (χ1v) is 32.8. The van der Waals surface area contributed by atoms with E-state index in [1.165, 1.54) is 48.6 Å². The van der Waals surface area contributed by atoms with Crippen LogP contribution < -0.4 is 26.6 Å². The van der Waals surface area contributed by atoms with Crippen molar-refractivity contribution < 1.29 is 76.7 Å². The standard InChI is InChI=1S/C64H89BrFN11O15/c1-43(78)61-49-34-45(20-23-51(49)77(75-61)40-59(83)76-39-47(66)35-52(76)63(86)74-62-48(44-18-19-44)21-24-53(65)73-62)46-36-69-54(70-37-46)38-71-58(82)42-92-33-31-90-29-27-68-57(81)41-91-32-30-89-28-26-67-55(79)25-22-50(64(87)88)72-56(80)16-14-12-10-8-6-4-2-3-5-7-9-11-13-15-17-60(84)85/h20-21,23-24,34,36-37,44,47,50,52H,2-19,22,25-33,35,38-42H2,1H3,(H,67,79)(H,68,81)(H,71,82)(H,72,80)(H,84,85)(H,87,88)(H,73,74,86)/t47-,50+,52+/m1/s1. The largest absolute Gasteiger partial charge is 0.481 e. The fraction of sp³-hybridized carbons (Fsp3) is 0.609. The van der Waals surface area contributed by atoms with Crippen LogP contribution in [0.3, 0.4) is 0 Å². The van der Waals surface area contributed by atoms with E-state index in [1.54, 1.807) is 36.7 Å². The van der Waals surface area contributed by atoms with Crippen LogP contribution in [0, 0.1) is 0 Å². The van der Waals surface area contributed by atoms with Crippen LogP contribution in [0.4, 0.5) is 10.2 Å². The van der Waals surface area contributed by atoms with Gasteiger partial charge in [-0.3, -0.25) is 43.0 Å². The average Bonchev–Trinajstić information content (AvgIpc) is 1.62. The number of amides is 6. The number of Topliss-reactive ketones (excluding diaryl/α,β-unsaturated/α-hetero) is 1. The van der Waals surface area contributed by atoms with Crippen molar-refractivity contribution in [2.75, 3.05) is 77.8 Å². The van der Waals surface area contributed by atoms with Gasteiger partial charge < -0.3 is 60.6 Å². The molecule has 4 heterocycles. The van der Waals surface area contributed by atoms with E-state index in [-0.39, 0.29) is 153 Å². The Bertz CT molecular complexity index is 3060. The van der Waals surface area contributed by atoms with E-state index in [0.29, 0.717) is 44.7 Å². The Morgan fingerprint density at radius 3 is 1.84 bits per heavy atom. The number of fused-ring (bicyclic) bond motifs is 1. The SMILES string of the molecule is CC(=O)c1nn(CC(=O)N2C[C@H](F)C[C@H]2C(=O)Nc2nc(Br)ccc2C2CC2)c2ccc(-c3cnc(CNC(=O)COCCOCCNC(=O)COCCOCCNC(=O)CC[C@H](NC(=O)CCCCCCCCCCCCCCCCC(=O)O)C(=O)O)nc3)cc12. The van der Waals surface area contributed by atoms with Crippen LogP contribution in [-0.4, -0.2) is 184 Å². The van der Waals surface area contributed by atoms with Gasteiger partial charge in [0.15, 0.2) is 5.78 Å². The Kier molecular flexibility index (Phi) is 32.5. The molecule has 6 rings (SSSR count). The summed E-state index contributed by atoms with van der Waals surface area (Å²) in [7, 11) is 0. The Morgan fingerprint density at radius 2 is 1.25 bits per heavy atom.